The van der Waals surface area contributed by atoms with Crippen LogP contribution < -0.4 is 0 Å². The largest absolute Gasteiger partial charge is 0.453 e. The van der Waals surface area contributed by atoms with Gasteiger partial charge in [0, 0.05) is 6.92 Å². The molecule has 0 aromatic carbocycles. The zero-order valence-corrected chi connectivity index (χ0v) is 9.27. The van der Waals surface area contributed by atoms with Crippen molar-refractivity contribution in [1.29, 1.82) is 0 Å². The molecule has 1 N–H and O–H groups in total. The highest BCUT2D eigenvalue weighted by atomic mass is 19.1. The van der Waals surface area contributed by atoms with E-state index >= 15 is 0 Å². The van der Waals surface area contributed by atoms with Gasteiger partial charge in [0.15, 0.2) is 11.8 Å². The van der Waals surface area contributed by atoms with Crippen molar-refractivity contribution in [2.45, 2.75) is 56.3 Å². The predicted octanol–water partition coefficient (Wildman–Crippen LogP) is 0.568. The van der Waals surface area contributed by atoms with Gasteiger partial charge in [-0.05, 0) is 25.7 Å². The van der Waals surface area contributed by atoms with E-state index in [2.05, 4.69) is 0 Å². The van der Waals surface area contributed by atoms with Gasteiger partial charge < -0.3 is 14.6 Å². The van der Waals surface area contributed by atoms with Crippen LogP contribution in [-0.4, -0.2) is 40.7 Å². The van der Waals surface area contributed by atoms with Crippen molar-refractivity contribution >= 4 is 5.97 Å². The number of aliphatic hydroxyl groups is 1. The Morgan fingerprint density at radius 3 is 2.88 bits per heavy atom. The molecular weight excluding hydrogens is 215 g/mol. The number of hydrogen-bond donors (Lipinski definition) is 1. The number of carbonyl (C=O) groups excluding carboxylic acids is 1. The average molecular weight is 230 g/mol. The van der Waals surface area contributed by atoms with Crippen molar-refractivity contribution in [3.8, 4) is 0 Å². The summed E-state index contributed by atoms with van der Waals surface area (Å²) in [6.07, 6.45) is -1.67. The Hall–Kier alpha value is -0.680. The third kappa shape index (κ3) is 1.03. The van der Waals surface area contributed by atoms with Crippen LogP contribution in [0.1, 0.15) is 26.7 Å². The van der Waals surface area contributed by atoms with Crippen LogP contribution in [0.5, 0.6) is 0 Å². The summed E-state index contributed by atoms with van der Waals surface area (Å²) in [5.41, 5.74) is -2.21. The van der Waals surface area contributed by atoms with Gasteiger partial charge >= 0.3 is 5.97 Å². The molecule has 3 aliphatic rings. The molecule has 0 aromatic heterocycles. The maximum atomic E-state index is 14.1. The zero-order chi connectivity index (χ0) is 11.7. The number of alkyl halides is 1. The lowest BCUT2D eigenvalue weighted by atomic mass is 9.89. The molecular formula is C11H15FO4. The standard InChI is InChI=1S/C11H15FO4/c1-5-8(12)11(16-6(2)13)4-7-3-10(7,14)9(11)15-5/h5,7-9,14H,3-4H2,1-2H3/t5-,7-,8-,9+,10+,11-/m0/s1. The zero-order valence-electron chi connectivity index (χ0n) is 9.27. The Kier molecular flexibility index (Phi) is 1.81. The van der Waals surface area contributed by atoms with Crippen molar-refractivity contribution < 1.29 is 23.8 Å². The molecule has 3 fully saturated rings. The smallest absolute Gasteiger partial charge is 0.303 e. The number of rotatable bonds is 1. The first-order valence-electron chi connectivity index (χ1n) is 5.61. The van der Waals surface area contributed by atoms with Crippen LogP contribution in [0, 0.1) is 5.92 Å². The average Bonchev–Trinajstić information content (AvgIpc) is 2.67. The van der Waals surface area contributed by atoms with Crippen LogP contribution in [-0.2, 0) is 14.3 Å². The molecule has 5 heteroatoms. The Labute approximate surface area is 92.7 Å². The van der Waals surface area contributed by atoms with E-state index < -0.39 is 35.6 Å². The SMILES string of the molecule is CC(=O)O[C@]12C[C@@H]3C[C@]3(O)[C@H]1O[C@@H](C)[C@@H]2F. The Bertz CT molecular complexity index is 360. The third-order valence-electron chi connectivity index (χ3n) is 4.15. The quantitative estimate of drug-likeness (QED) is 0.669. The fraction of sp³-hybridized carbons (Fsp3) is 0.909. The predicted molar refractivity (Wildman–Crippen MR) is 51.4 cm³/mol. The molecule has 0 bridgehead atoms. The van der Waals surface area contributed by atoms with E-state index in [1.807, 2.05) is 0 Å². The minimum Gasteiger partial charge on any atom is -0.453 e. The summed E-state index contributed by atoms with van der Waals surface area (Å²) in [5, 5.41) is 10.2. The second-order valence-electron chi connectivity index (χ2n) is 5.27. The molecule has 0 radical (unpaired) electrons. The molecule has 1 saturated heterocycles. The first-order chi connectivity index (χ1) is 7.40. The number of ether oxygens (including phenoxy) is 2. The highest BCUT2D eigenvalue weighted by molar-refractivity contribution is 5.67. The molecule has 2 aliphatic carbocycles. The number of halogens is 1. The number of carbonyl (C=O) groups is 1. The van der Waals surface area contributed by atoms with Crippen LogP contribution in [0.3, 0.4) is 0 Å². The van der Waals surface area contributed by atoms with E-state index in [4.69, 9.17) is 9.47 Å². The van der Waals surface area contributed by atoms with E-state index in [-0.39, 0.29) is 5.92 Å². The lowest BCUT2D eigenvalue weighted by Gasteiger charge is -2.32. The third-order valence-corrected chi connectivity index (χ3v) is 4.15. The van der Waals surface area contributed by atoms with E-state index in [1.54, 1.807) is 6.92 Å². The summed E-state index contributed by atoms with van der Waals surface area (Å²) >= 11 is 0. The van der Waals surface area contributed by atoms with Crippen molar-refractivity contribution in [1.82, 2.24) is 0 Å². The number of hydrogen-bond acceptors (Lipinski definition) is 4. The van der Waals surface area contributed by atoms with E-state index in [1.165, 1.54) is 6.92 Å². The molecule has 90 valence electrons. The molecule has 0 unspecified atom stereocenters. The number of esters is 1. The Morgan fingerprint density at radius 1 is 1.56 bits per heavy atom. The van der Waals surface area contributed by atoms with E-state index in [9.17, 15) is 14.3 Å². The van der Waals surface area contributed by atoms with Crippen molar-refractivity contribution in [2.24, 2.45) is 5.92 Å². The summed E-state index contributed by atoms with van der Waals surface area (Å²) in [6.45, 7) is 2.87. The Morgan fingerprint density at radius 2 is 2.25 bits per heavy atom. The van der Waals surface area contributed by atoms with Gasteiger partial charge in [-0.2, -0.15) is 0 Å². The molecule has 16 heavy (non-hydrogen) atoms. The fourth-order valence-corrected chi connectivity index (χ4v) is 3.41. The van der Waals surface area contributed by atoms with Crippen LogP contribution in [0.15, 0.2) is 0 Å². The van der Waals surface area contributed by atoms with Crippen LogP contribution in [0.25, 0.3) is 0 Å². The minimum atomic E-state index is -1.35. The molecule has 1 aliphatic heterocycles. The molecule has 1 heterocycles. The van der Waals surface area contributed by atoms with Crippen molar-refractivity contribution in [3.63, 3.8) is 0 Å². The monoisotopic (exact) mass is 230 g/mol. The van der Waals surface area contributed by atoms with Gasteiger partial charge in [0.2, 0.25) is 0 Å². The topological polar surface area (TPSA) is 55.8 Å². The first kappa shape index (κ1) is 10.5. The molecule has 3 rings (SSSR count). The van der Waals surface area contributed by atoms with Gasteiger partial charge in [-0.1, -0.05) is 0 Å². The van der Waals surface area contributed by atoms with Gasteiger partial charge in [-0.25, -0.2) is 4.39 Å². The number of fused-ring (bicyclic) bond motifs is 3. The van der Waals surface area contributed by atoms with Gasteiger partial charge in [0.1, 0.15) is 6.10 Å². The molecule has 4 nitrogen and oxygen atoms in total. The summed E-state index contributed by atoms with van der Waals surface area (Å²) in [5.74, 6) is -0.502. The van der Waals surface area contributed by atoms with Crippen LogP contribution in [0.4, 0.5) is 4.39 Å². The van der Waals surface area contributed by atoms with Crippen molar-refractivity contribution in [2.75, 3.05) is 0 Å². The highest BCUT2D eigenvalue weighted by Crippen LogP contribution is 2.65. The summed E-state index contributed by atoms with van der Waals surface area (Å²) in [6, 6.07) is 0. The summed E-state index contributed by atoms with van der Waals surface area (Å²) < 4.78 is 24.8. The van der Waals surface area contributed by atoms with Gasteiger partial charge in [0.05, 0.1) is 11.7 Å². The summed E-state index contributed by atoms with van der Waals surface area (Å²) in [7, 11) is 0. The maximum Gasteiger partial charge on any atom is 0.303 e. The molecule has 0 aromatic rings. The highest BCUT2D eigenvalue weighted by Gasteiger charge is 2.79. The maximum absolute atomic E-state index is 14.1. The molecule has 0 spiro atoms. The molecule has 2 saturated carbocycles. The first-order valence-corrected chi connectivity index (χ1v) is 5.61. The van der Waals surface area contributed by atoms with Gasteiger partial charge in [-0.15, -0.1) is 0 Å². The van der Waals surface area contributed by atoms with Crippen LogP contribution >= 0.6 is 0 Å². The second-order valence-corrected chi connectivity index (χ2v) is 5.27. The minimum absolute atomic E-state index is 0.0163. The molecule has 6 atom stereocenters. The normalized spacial score (nSPS) is 58.0. The summed E-state index contributed by atoms with van der Waals surface area (Å²) in [4.78, 5) is 11.1. The van der Waals surface area contributed by atoms with Gasteiger partial charge in [0.25, 0.3) is 0 Å². The lowest BCUT2D eigenvalue weighted by molar-refractivity contribution is -0.172. The molecule has 0 amide bonds. The van der Waals surface area contributed by atoms with E-state index in [0.29, 0.717) is 12.8 Å². The fourth-order valence-electron chi connectivity index (χ4n) is 3.41. The lowest BCUT2D eigenvalue weighted by Crippen LogP contribution is -2.50. The second kappa shape index (κ2) is 2.76. The van der Waals surface area contributed by atoms with Crippen LogP contribution in [0.2, 0.25) is 0 Å². The Balaban J connectivity index is 1.96. The van der Waals surface area contributed by atoms with E-state index in [0.717, 1.165) is 0 Å². The van der Waals surface area contributed by atoms with Gasteiger partial charge in [-0.3, -0.25) is 4.79 Å². The van der Waals surface area contributed by atoms with Crippen molar-refractivity contribution in [3.05, 3.63) is 0 Å².